The van der Waals surface area contributed by atoms with E-state index >= 15 is 0 Å². The predicted octanol–water partition coefficient (Wildman–Crippen LogP) is 4.71. The number of rotatable bonds is 11. The lowest BCUT2D eigenvalue weighted by Crippen LogP contribution is -2.51. The van der Waals surface area contributed by atoms with E-state index in [-0.39, 0.29) is 28.1 Å². The van der Waals surface area contributed by atoms with Crippen LogP contribution >= 0.6 is 11.6 Å². The van der Waals surface area contributed by atoms with Crippen molar-refractivity contribution < 1.29 is 22.7 Å². The summed E-state index contributed by atoms with van der Waals surface area (Å²) in [7, 11) is -2.73. The van der Waals surface area contributed by atoms with E-state index in [4.69, 9.17) is 16.3 Å². The van der Waals surface area contributed by atoms with E-state index in [9.17, 15) is 18.0 Å². The van der Waals surface area contributed by atoms with Crippen LogP contribution in [-0.2, 0) is 26.2 Å². The van der Waals surface area contributed by atoms with E-state index in [2.05, 4.69) is 5.32 Å². The number of nitrogens with one attached hydrogen (secondary N) is 1. The highest BCUT2D eigenvalue weighted by Crippen LogP contribution is 2.32. The summed E-state index contributed by atoms with van der Waals surface area (Å²) in [5.41, 5.74) is 2.88. The molecule has 3 rings (SSSR count). The van der Waals surface area contributed by atoms with Crippen molar-refractivity contribution in [3.63, 3.8) is 0 Å². The molecular formula is C29H34ClN3O5S. The largest absolute Gasteiger partial charge is 0.495 e. The van der Waals surface area contributed by atoms with Gasteiger partial charge in [-0.05, 0) is 69.2 Å². The molecule has 1 N–H and O–H groups in total. The molecule has 0 aliphatic heterocycles. The smallest absolute Gasteiger partial charge is 0.264 e. The van der Waals surface area contributed by atoms with E-state index in [1.807, 2.05) is 38.1 Å². The lowest BCUT2D eigenvalue weighted by Gasteiger charge is -2.32. The van der Waals surface area contributed by atoms with Crippen molar-refractivity contribution >= 4 is 39.1 Å². The first-order valence-electron chi connectivity index (χ1n) is 12.5. The van der Waals surface area contributed by atoms with Crippen LogP contribution in [0.15, 0.2) is 71.6 Å². The van der Waals surface area contributed by atoms with Gasteiger partial charge >= 0.3 is 0 Å². The number of hydrogen-bond donors (Lipinski definition) is 1. The third kappa shape index (κ3) is 7.10. The van der Waals surface area contributed by atoms with Crippen LogP contribution in [0.5, 0.6) is 5.75 Å². The number of sulfonamides is 1. The minimum atomic E-state index is -4.19. The Morgan fingerprint density at radius 2 is 1.69 bits per heavy atom. The molecule has 1 atom stereocenters. The summed E-state index contributed by atoms with van der Waals surface area (Å²) in [5.74, 6) is -0.509. The van der Waals surface area contributed by atoms with Crippen LogP contribution in [0.2, 0.25) is 5.02 Å². The fraction of sp³-hybridized carbons (Fsp3) is 0.310. The Morgan fingerprint density at radius 3 is 2.28 bits per heavy atom. The van der Waals surface area contributed by atoms with E-state index in [0.717, 1.165) is 21.0 Å². The molecule has 0 saturated carbocycles. The van der Waals surface area contributed by atoms with Gasteiger partial charge in [0.2, 0.25) is 11.8 Å². The predicted molar refractivity (Wildman–Crippen MR) is 154 cm³/mol. The number of benzene rings is 3. The summed E-state index contributed by atoms with van der Waals surface area (Å²) in [6.07, 6.45) is 0. The Balaban J connectivity index is 2.08. The topological polar surface area (TPSA) is 96.0 Å². The molecule has 8 nitrogen and oxygen atoms in total. The summed E-state index contributed by atoms with van der Waals surface area (Å²) in [5, 5.41) is 2.95. The highest BCUT2D eigenvalue weighted by molar-refractivity contribution is 7.92. The molecule has 0 saturated heterocycles. The van der Waals surface area contributed by atoms with Crippen molar-refractivity contribution in [1.29, 1.82) is 0 Å². The van der Waals surface area contributed by atoms with Gasteiger partial charge in [0.1, 0.15) is 18.3 Å². The van der Waals surface area contributed by atoms with Gasteiger partial charge in [-0.2, -0.15) is 0 Å². The molecule has 0 bridgehead atoms. The van der Waals surface area contributed by atoms with Gasteiger partial charge < -0.3 is 15.0 Å². The molecular weight excluding hydrogens is 538 g/mol. The molecule has 0 aliphatic rings. The van der Waals surface area contributed by atoms with Crippen LogP contribution in [0.4, 0.5) is 5.69 Å². The highest BCUT2D eigenvalue weighted by atomic mass is 35.5. The van der Waals surface area contributed by atoms with Crippen molar-refractivity contribution in [2.75, 3.05) is 24.5 Å². The zero-order chi connectivity index (χ0) is 28.7. The van der Waals surface area contributed by atoms with Gasteiger partial charge in [0.15, 0.2) is 0 Å². The zero-order valence-electron chi connectivity index (χ0n) is 22.8. The number of likely N-dealkylation sites (N-methyl/N-ethyl adjacent to an activating group) is 1. The van der Waals surface area contributed by atoms with Crippen molar-refractivity contribution in [3.05, 3.63) is 88.4 Å². The number of carbonyl (C=O) groups is 2. The quantitative estimate of drug-likeness (QED) is 0.359. The fourth-order valence-corrected chi connectivity index (χ4v) is 5.71. The van der Waals surface area contributed by atoms with Gasteiger partial charge in [0, 0.05) is 13.1 Å². The number of carbonyl (C=O) groups excluding carboxylic acids is 2. The summed E-state index contributed by atoms with van der Waals surface area (Å²) in [6.45, 7) is 7.18. The summed E-state index contributed by atoms with van der Waals surface area (Å²) >= 11 is 6.35. The van der Waals surface area contributed by atoms with Crippen molar-refractivity contribution in [1.82, 2.24) is 10.2 Å². The molecule has 10 heteroatoms. The normalized spacial score (nSPS) is 11.9. The first-order valence-corrected chi connectivity index (χ1v) is 14.4. The molecule has 0 aliphatic carbocycles. The molecule has 0 radical (unpaired) electrons. The maximum Gasteiger partial charge on any atom is 0.264 e. The average Bonchev–Trinajstić information content (AvgIpc) is 2.91. The number of methoxy groups -OCH3 is 1. The van der Waals surface area contributed by atoms with Gasteiger partial charge in [-0.3, -0.25) is 13.9 Å². The second-order valence-electron chi connectivity index (χ2n) is 9.16. The van der Waals surface area contributed by atoms with Gasteiger partial charge in [-0.25, -0.2) is 8.42 Å². The number of aryl methyl sites for hydroxylation is 2. The molecule has 0 aromatic heterocycles. The standard InChI is InChI=1S/C29H34ClN3O5S/c1-6-31-29(35)22(4)32(18-23-10-8-7-9-21(23)3)28(34)19-33(24-13-16-27(38-5)26(30)17-24)39(36,37)25-14-11-20(2)12-15-25/h7-17,22H,6,18-19H2,1-5H3,(H,31,35)/t22-/m1/s1. The SMILES string of the molecule is CCNC(=O)[C@@H](C)N(Cc1ccccc1C)C(=O)CN(c1ccc(OC)c(Cl)c1)S(=O)(=O)c1ccc(C)cc1. The van der Waals surface area contributed by atoms with Gasteiger partial charge in [0.05, 0.1) is 22.7 Å². The Bertz CT molecular complexity index is 1430. The van der Waals surface area contributed by atoms with E-state index in [1.165, 1.54) is 36.3 Å². The monoisotopic (exact) mass is 571 g/mol. The Hall–Kier alpha value is -3.56. The van der Waals surface area contributed by atoms with E-state index < -0.39 is 28.5 Å². The van der Waals surface area contributed by atoms with Crippen LogP contribution in [-0.4, -0.2) is 51.4 Å². The number of nitrogens with zero attached hydrogens (tertiary/aromatic N) is 2. The summed E-state index contributed by atoms with van der Waals surface area (Å²) in [6, 6.07) is 17.6. The molecule has 3 aromatic carbocycles. The highest BCUT2D eigenvalue weighted by Gasteiger charge is 2.33. The van der Waals surface area contributed by atoms with E-state index in [0.29, 0.717) is 12.3 Å². The van der Waals surface area contributed by atoms with Crippen molar-refractivity contribution in [3.8, 4) is 5.75 Å². The number of ether oxygens (including phenoxy) is 1. The average molecular weight is 572 g/mol. The Labute approximate surface area is 235 Å². The fourth-order valence-electron chi connectivity index (χ4n) is 4.05. The molecule has 0 spiro atoms. The zero-order valence-corrected chi connectivity index (χ0v) is 24.3. The number of hydrogen-bond acceptors (Lipinski definition) is 5. The minimum absolute atomic E-state index is 0.0232. The molecule has 0 fully saturated rings. The third-order valence-electron chi connectivity index (χ3n) is 6.43. The number of amides is 2. The van der Waals surface area contributed by atoms with Crippen LogP contribution in [0.25, 0.3) is 0 Å². The number of halogens is 1. The molecule has 3 aromatic rings. The number of anilines is 1. The summed E-state index contributed by atoms with van der Waals surface area (Å²) in [4.78, 5) is 28.2. The lowest BCUT2D eigenvalue weighted by atomic mass is 10.1. The third-order valence-corrected chi connectivity index (χ3v) is 8.51. The minimum Gasteiger partial charge on any atom is -0.495 e. The molecule has 208 valence electrons. The Kier molecular flexibility index (Phi) is 9.99. The van der Waals surface area contributed by atoms with Crippen LogP contribution in [0.3, 0.4) is 0 Å². The maximum absolute atomic E-state index is 13.9. The first-order chi connectivity index (χ1) is 18.5. The first kappa shape index (κ1) is 30.0. The second-order valence-corrected chi connectivity index (χ2v) is 11.4. The van der Waals surface area contributed by atoms with Gasteiger partial charge in [-0.15, -0.1) is 0 Å². The Morgan fingerprint density at radius 1 is 1.03 bits per heavy atom. The van der Waals surface area contributed by atoms with E-state index in [1.54, 1.807) is 32.0 Å². The van der Waals surface area contributed by atoms with Gasteiger partial charge in [0.25, 0.3) is 10.0 Å². The van der Waals surface area contributed by atoms with Crippen LogP contribution in [0, 0.1) is 13.8 Å². The summed E-state index contributed by atoms with van der Waals surface area (Å²) < 4.78 is 34.0. The molecule has 0 heterocycles. The van der Waals surface area contributed by atoms with Crippen LogP contribution in [0.1, 0.15) is 30.5 Å². The molecule has 0 unspecified atom stereocenters. The molecule has 39 heavy (non-hydrogen) atoms. The van der Waals surface area contributed by atoms with Crippen LogP contribution < -0.4 is 14.4 Å². The maximum atomic E-state index is 13.9. The van der Waals surface area contributed by atoms with Crippen molar-refractivity contribution in [2.24, 2.45) is 0 Å². The molecule has 2 amide bonds. The van der Waals surface area contributed by atoms with Gasteiger partial charge in [-0.1, -0.05) is 53.6 Å². The van der Waals surface area contributed by atoms with Crippen molar-refractivity contribution in [2.45, 2.75) is 45.2 Å². The lowest BCUT2D eigenvalue weighted by molar-refractivity contribution is -0.139. The second kappa shape index (κ2) is 13.0.